The van der Waals surface area contributed by atoms with E-state index in [1.165, 1.54) is 5.56 Å². The second-order valence-electron chi connectivity index (χ2n) is 6.58. The molecule has 1 aliphatic heterocycles. The molecule has 26 heavy (non-hydrogen) atoms. The highest BCUT2D eigenvalue weighted by molar-refractivity contribution is 5.94. The van der Waals surface area contributed by atoms with Crippen molar-refractivity contribution < 1.29 is 9.59 Å². The molecule has 2 aromatic rings. The summed E-state index contributed by atoms with van der Waals surface area (Å²) in [5.74, 6) is 0.0377. The van der Waals surface area contributed by atoms with Crippen molar-refractivity contribution in [1.29, 1.82) is 0 Å². The van der Waals surface area contributed by atoms with Gasteiger partial charge < -0.3 is 9.80 Å². The summed E-state index contributed by atoms with van der Waals surface area (Å²) in [7, 11) is 0. The van der Waals surface area contributed by atoms with Crippen LogP contribution in [0.15, 0.2) is 60.7 Å². The van der Waals surface area contributed by atoms with Crippen LogP contribution in [0.3, 0.4) is 0 Å². The maximum Gasteiger partial charge on any atom is 0.253 e. The summed E-state index contributed by atoms with van der Waals surface area (Å²) in [6.07, 6.45) is 4.28. The molecule has 0 saturated carbocycles. The van der Waals surface area contributed by atoms with E-state index in [1.807, 2.05) is 77.4 Å². The molecule has 0 atom stereocenters. The first-order valence-electron chi connectivity index (χ1n) is 9.01. The van der Waals surface area contributed by atoms with Crippen molar-refractivity contribution in [2.75, 3.05) is 26.2 Å². The minimum atomic E-state index is 0.000478. The minimum absolute atomic E-state index is 0.000478. The molecule has 3 rings (SSSR count). The van der Waals surface area contributed by atoms with Crippen LogP contribution in [0, 0.1) is 6.92 Å². The molecule has 0 spiro atoms. The standard InChI is InChI=1S/C22H24N2O2/c1-18-7-5-8-19(17-18)11-12-21(25)23-13-6-14-24(16-15-23)22(26)20-9-3-2-4-10-20/h2-5,7-12,17H,6,13-16H2,1H3/b12-11+. The molecule has 4 nitrogen and oxygen atoms in total. The maximum atomic E-state index is 12.6. The normalized spacial score (nSPS) is 15.1. The van der Waals surface area contributed by atoms with Crippen LogP contribution in [0.4, 0.5) is 0 Å². The number of carbonyl (C=O) groups is 2. The summed E-state index contributed by atoms with van der Waals surface area (Å²) >= 11 is 0. The van der Waals surface area contributed by atoms with Crippen LogP contribution in [-0.2, 0) is 4.79 Å². The van der Waals surface area contributed by atoms with Crippen molar-refractivity contribution in [1.82, 2.24) is 9.80 Å². The van der Waals surface area contributed by atoms with Gasteiger partial charge in [-0.3, -0.25) is 9.59 Å². The molecule has 4 heteroatoms. The number of carbonyl (C=O) groups excluding carboxylic acids is 2. The Bertz CT molecular complexity index is 799. The van der Waals surface area contributed by atoms with Crippen LogP contribution in [0.2, 0.25) is 0 Å². The van der Waals surface area contributed by atoms with E-state index in [1.54, 1.807) is 6.08 Å². The second-order valence-corrected chi connectivity index (χ2v) is 6.58. The van der Waals surface area contributed by atoms with Crippen LogP contribution in [-0.4, -0.2) is 47.8 Å². The molecule has 0 aromatic heterocycles. The predicted molar refractivity (Wildman–Crippen MR) is 104 cm³/mol. The van der Waals surface area contributed by atoms with Crippen LogP contribution in [0.1, 0.15) is 27.9 Å². The molecule has 2 amide bonds. The van der Waals surface area contributed by atoms with Crippen LogP contribution < -0.4 is 0 Å². The van der Waals surface area contributed by atoms with Crippen molar-refractivity contribution in [2.45, 2.75) is 13.3 Å². The van der Waals surface area contributed by atoms with Gasteiger partial charge in [0.15, 0.2) is 0 Å². The van der Waals surface area contributed by atoms with Gasteiger partial charge in [0.2, 0.25) is 5.91 Å². The van der Waals surface area contributed by atoms with Gasteiger partial charge in [0, 0.05) is 37.8 Å². The van der Waals surface area contributed by atoms with E-state index in [0.29, 0.717) is 31.7 Å². The number of hydrogen-bond donors (Lipinski definition) is 0. The Morgan fingerprint density at radius 1 is 0.885 bits per heavy atom. The fourth-order valence-corrected chi connectivity index (χ4v) is 3.15. The largest absolute Gasteiger partial charge is 0.337 e. The summed E-state index contributed by atoms with van der Waals surface area (Å²) in [6.45, 7) is 4.52. The Morgan fingerprint density at radius 2 is 1.62 bits per heavy atom. The molecule has 1 heterocycles. The summed E-state index contributed by atoms with van der Waals surface area (Å²) in [5.41, 5.74) is 2.89. The van der Waals surface area contributed by atoms with Gasteiger partial charge in [-0.05, 0) is 37.1 Å². The van der Waals surface area contributed by atoms with Gasteiger partial charge in [0.05, 0.1) is 0 Å². The highest BCUT2D eigenvalue weighted by Crippen LogP contribution is 2.11. The average Bonchev–Trinajstić information content (AvgIpc) is 2.92. The SMILES string of the molecule is Cc1cccc(/C=C/C(=O)N2CCCN(C(=O)c3ccccc3)CC2)c1. The molecule has 0 unspecified atom stereocenters. The Labute approximate surface area is 154 Å². The minimum Gasteiger partial charge on any atom is -0.337 e. The number of benzene rings is 2. The van der Waals surface area contributed by atoms with E-state index in [-0.39, 0.29) is 11.8 Å². The molecule has 134 valence electrons. The zero-order chi connectivity index (χ0) is 18.4. The molecule has 1 aliphatic rings. The third-order valence-electron chi connectivity index (χ3n) is 4.58. The van der Waals surface area contributed by atoms with Crippen molar-refractivity contribution in [3.05, 3.63) is 77.4 Å². The van der Waals surface area contributed by atoms with E-state index < -0.39 is 0 Å². The van der Waals surface area contributed by atoms with Crippen molar-refractivity contribution in [3.63, 3.8) is 0 Å². The predicted octanol–water partition coefficient (Wildman–Crippen LogP) is 3.38. The lowest BCUT2D eigenvalue weighted by Gasteiger charge is -2.21. The van der Waals surface area contributed by atoms with Gasteiger partial charge in [-0.15, -0.1) is 0 Å². The van der Waals surface area contributed by atoms with Crippen LogP contribution in [0.5, 0.6) is 0 Å². The zero-order valence-electron chi connectivity index (χ0n) is 15.1. The first-order valence-corrected chi connectivity index (χ1v) is 9.01. The van der Waals surface area contributed by atoms with E-state index in [0.717, 1.165) is 12.0 Å². The van der Waals surface area contributed by atoms with Gasteiger partial charge in [-0.1, -0.05) is 48.0 Å². The van der Waals surface area contributed by atoms with Gasteiger partial charge in [-0.25, -0.2) is 0 Å². The molecule has 0 N–H and O–H groups in total. The molecular formula is C22H24N2O2. The third-order valence-corrected chi connectivity index (χ3v) is 4.58. The molecule has 0 radical (unpaired) electrons. The first-order chi connectivity index (χ1) is 12.6. The van der Waals surface area contributed by atoms with Crippen molar-refractivity contribution >= 4 is 17.9 Å². The Hall–Kier alpha value is -2.88. The summed E-state index contributed by atoms with van der Waals surface area (Å²) in [6, 6.07) is 17.4. The molecule has 0 bridgehead atoms. The topological polar surface area (TPSA) is 40.6 Å². The fourth-order valence-electron chi connectivity index (χ4n) is 3.15. The van der Waals surface area contributed by atoms with Crippen LogP contribution >= 0.6 is 0 Å². The average molecular weight is 348 g/mol. The number of amides is 2. The smallest absolute Gasteiger partial charge is 0.253 e. The Kier molecular flexibility index (Phi) is 5.84. The lowest BCUT2D eigenvalue weighted by molar-refractivity contribution is -0.125. The van der Waals surface area contributed by atoms with E-state index in [4.69, 9.17) is 0 Å². The van der Waals surface area contributed by atoms with Crippen LogP contribution in [0.25, 0.3) is 6.08 Å². The monoisotopic (exact) mass is 348 g/mol. The Morgan fingerprint density at radius 3 is 2.38 bits per heavy atom. The van der Waals surface area contributed by atoms with Gasteiger partial charge >= 0.3 is 0 Å². The molecule has 2 aromatic carbocycles. The molecule has 0 aliphatic carbocycles. The second kappa shape index (κ2) is 8.48. The number of aryl methyl sites for hydroxylation is 1. The van der Waals surface area contributed by atoms with E-state index in [9.17, 15) is 9.59 Å². The number of nitrogens with zero attached hydrogens (tertiary/aromatic N) is 2. The van der Waals surface area contributed by atoms with Crippen molar-refractivity contribution in [2.24, 2.45) is 0 Å². The van der Waals surface area contributed by atoms with Crippen molar-refractivity contribution in [3.8, 4) is 0 Å². The maximum absolute atomic E-state index is 12.6. The summed E-state index contributed by atoms with van der Waals surface area (Å²) in [5, 5.41) is 0. The number of rotatable bonds is 3. The number of hydrogen-bond acceptors (Lipinski definition) is 2. The molecular weight excluding hydrogens is 324 g/mol. The Balaban J connectivity index is 1.59. The zero-order valence-corrected chi connectivity index (χ0v) is 15.1. The highest BCUT2D eigenvalue weighted by atomic mass is 16.2. The summed E-state index contributed by atoms with van der Waals surface area (Å²) in [4.78, 5) is 28.7. The third kappa shape index (κ3) is 4.60. The summed E-state index contributed by atoms with van der Waals surface area (Å²) < 4.78 is 0. The fraction of sp³-hybridized carbons (Fsp3) is 0.273. The molecule has 1 fully saturated rings. The first kappa shape index (κ1) is 17.9. The quantitative estimate of drug-likeness (QED) is 0.798. The lowest BCUT2D eigenvalue weighted by Crippen LogP contribution is -2.36. The van der Waals surface area contributed by atoms with Gasteiger partial charge in [0.25, 0.3) is 5.91 Å². The lowest BCUT2D eigenvalue weighted by atomic mass is 10.1. The molecule has 1 saturated heterocycles. The van der Waals surface area contributed by atoms with E-state index >= 15 is 0 Å². The van der Waals surface area contributed by atoms with Gasteiger partial charge in [0.1, 0.15) is 0 Å². The highest BCUT2D eigenvalue weighted by Gasteiger charge is 2.21. The van der Waals surface area contributed by atoms with Gasteiger partial charge in [-0.2, -0.15) is 0 Å². The van der Waals surface area contributed by atoms with E-state index in [2.05, 4.69) is 0 Å².